The summed E-state index contributed by atoms with van der Waals surface area (Å²) >= 11 is 5.97. The molecule has 108 valence electrons. The van der Waals surface area contributed by atoms with E-state index in [-0.39, 0.29) is 5.69 Å². The lowest BCUT2D eigenvalue weighted by molar-refractivity contribution is -0.384. The highest BCUT2D eigenvalue weighted by Crippen LogP contribution is 2.33. The van der Waals surface area contributed by atoms with E-state index in [4.69, 9.17) is 16.7 Å². The molecule has 1 N–H and O–H groups in total. The number of nitrogens with zero attached hydrogens (tertiary/aromatic N) is 1. The summed E-state index contributed by atoms with van der Waals surface area (Å²) in [5.74, 6) is -1.15. The zero-order valence-electron chi connectivity index (χ0n) is 11.1. The molecule has 0 aliphatic heterocycles. The van der Waals surface area contributed by atoms with Crippen LogP contribution in [0, 0.1) is 10.1 Å². The molecule has 0 aromatic heterocycles. The van der Waals surface area contributed by atoms with Crippen molar-refractivity contribution in [2.24, 2.45) is 0 Å². The Morgan fingerprint density at radius 1 is 1.19 bits per heavy atom. The van der Waals surface area contributed by atoms with Gasteiger partial charge in [0.1, 0.15) is 0 Å². The summed E-state index contributed by atoms with van der Waals surface area (Å²) in [6, 6.07) is 12.7. The van der Waals surface area contributed by atoms with Crippen molar-refractivity contribution >= 4 is 23.3 Å². The second-order valence-electron chi connectivity index (χ2n) is 4.66. The molecule has 0 spiro atoms. The molecule has 5 nitrogen and oxygen atoms in total. The number of carboxylic acids is 1. The number of carbonyl (C=O) groups is 1. The molecule has 2 rings (SSSR count). The van der Waals surface area contributed by atoms with Crippen LogP contribution in [0.2, 0.25) is 0 Å². The van der Waals surface area contributed by atoms with Crippen molar-refractivity contribution in [2.45, 2.75) is 11.8 Å². The molecule has 21 heavy (non-hydrogen) atoms. The van der Waals surface area contributed by atoms with Gasteiger partial charge >= 0.3 is 5.97 Å². The number of rotatable bonds is 4. The van der Waals surface area contributed by atoms with Crippen LogP contribution < -0.4 is 0 Å². The lowest BCUT2D eigenvalue weighted by atomic mass is 9.96. The maximum absolute atomic E-state index is 11.1. The molecular weight excluding hydrogens is 294 g/mol. The molecule has 1 atom stereocenters. The summed E-state index contributed by atoms with van der Waals surface area (Å²) in [6.07, 6.45) is 0. The third kappa shape index (κ3) is 2.87. The normalized spacial score (nSPS) is 13.4. The van der Waals surface area contributed by atoms with Crippen LogP contribution in [0.25, 0.3) is 11.1 Å². The second-order valence-corrected chi connectivity index (χ2v) is 5.42. The molecule has 2 aromatic carbocycles. The van der Waals surface area contributed by atoms with Crippen molar-refractivity contribution in [3.63, 3.8) is 0 Å². The van der Waals surface area contributed by atoms with Crippen molar-refractivity contribution in [3.05, 3.63) is 64.2 Å². The molecule has 0 aliphatic rings. The van der Waals surface area contributed by atoms with Gasteiger partial charge in [0.2, 0.25) is 0 Å². The van der Waals surface area contributed by atoms with E-state index in [1.807, 2.05) is 0 Å². The number of alkyl halides is 1. The van der Waals surface area contributed by atoms with E-state index in [2.05, 4.69) is 0 Å². The quantitative estimate of drug-likeness (QED) is 0.529. The summed E-state index contributed by atoms with van der Waals surface area (Å²) in [6.45, 7) is 1.39. The van der Waals surface area contributed by atoms with Gasteiger partial charge in [-0.25, -0.2) is 4.79 Å². The van der Waals surface area contributed by atoms with Crippen LogP contribution in [0.3, 0.4) is 0 Å². The van der Waals surface area contributed by atoms with Gasteiger partial charge in [-0.3, -0.25) is 10.1 Å². The fourth-order valence-electron chi connectivity index (χ4n) is 1.96. The first-order valence-electron chi connectivity index (χ1n) is 6.10. The summed E-state index contributed by atoms with van der Waals surface area (Å²) in [4.78, 5) is 20.1. The standard InChI is InChI=1S/C15H12ClNO4/c1-15(16,14(18)19)11-8-6-10(7-9-11)12-4-2-3-5-13(12)17(20)21/h2-9H,1H3,(H,18,19). The van der Waals surface area contributed by atoms with Crippen LogP contribution in [0.4, 0.5) is 5.69 Å². The van der Waals surface area contributed by atoms with Gasteiger partial charge in [-0.2, -0.15) is 0 Å². The third-order valence-corrected chi connectivity index (χ3v) is 3.62. The molecule has 2 aromatic rings. The number of nitro groups is 1. The first kappa shape index (κ1) is 15.0. The number of halogens is 1. The van der Waals surface area contributed by atoms with Crippen LogP contribution in [-0.4, -0.2) is 16.0 Å². The summed E-state index contributed by atoms with van der Waals surface area (Å²) in [7, 11) is 0. The van der Waals surface area contributed by atoms with Gasteiger partial charge < -0.3 is 5.11 Å². The highest BCUT2D eigenvalue weighted by Gasteiger charge is 2.32. The largest absolute Gasteiger partial charge is 0.480 e. The molecule has 0 amide bonds. The smallest absolute Gasteiger partial charge is 0.329 e. The monoisotopic (exact) mass is 305 g/mol. The molecule has 0 aliphatic carbocycles. The van der Waals surface area contributed by atoms with Gasteiger partial charge in [0, 0.05) is 6.07 Å². The molecule has 0 saturated heterocycles. The summed E-state index contributed by atoms with van der Waals surface area (Å²) < 4.78 is 0. The Morgan fingerprint density at radius 3 is 2.29 bits per heavy atom. The van der Waals surface area contributed by atoms with Crippen LogP contribution in [0.15, 0.2) is 48.5 Å². The van der Waals surface area contributed by atoms with E-state index in [0.29, 0.717) is 16.7 Å². The number of nitro benzene ring substituents is 1. The number of hydrogen-bond donors (Lipinski definition) is 1. The lowest BCUT2D eigenvalue weighted by Crippen LogP contribution is -2.25. The van der Waals surface area contributed by atoms with Gasteiger partial charge in [0.25, 0.3) is 5.69 Å². The number of carboxylic acid groups (broad SMARTS) is 1. The van der Waals surface area contributed by atoms with Crippen LogP contribution in [0.1, 0.15) is 12.5 Å². The molecule has 0 fully saturated rings. The molecule has 0 bridgehead atoms. The van der Waals surface area contributed by atoms with Crippen molar-refractivity contribution in [1.82, 2.24) is 0 Å². The highest BCUT2D eigenvalue weighted by atomic mass is 35.5. The van der Waals surface area contributed by atoms with Gasteiger partial charge in [-0.1, -0.05) is 36.4 Å². The number of aliphatic carboxylic acids is 1. The molecule has 0 heterocycles. The average Bonchev–Trinajstić information content (AvgIpc) is 2.47. The average molecular weight is 306 g/mol. The zero-order chi connectivity index (χ0) is 15.6. The van der Waals surface area contributed by atoms with Crippen LogP contribution >= 0.6 is 11.6 Å². The van der Waals surface area contributed by atoms with Crippen molar-refractivity contribution < 1.29 is 14.8 Å². The Hall–Kier alpha value is -2.40. The Bertz CT molecular complexity index is 695. The summed E-state index contributed by atoms with van der Waals surface area (Å²) in [5.41, 5.74) is 1.51. The van der Waals surface area contributed by atoms with Gasteiger partial charge in [0.15, 0.2) is 4.87 Å². The first-order valence-corrected chi connectivity index (χ1v) is 6.48. The fourth-order valence-corrected chi connectivity index (χ4v) is 2.09. The minimum atomic E-state index is -1.53. The predicted molar refractivity (Wildman–Crippen MR) is 79.4 cm³/mol. The van der Waals surface area contributed by atoms with E-state index in [1.165, 1.54) is 13.0 Å². The first-order chi connectivity index (χ1) is 9.84. The van der Waals surface area contributed by atoms with E-state index in [9.17, 15) is 14.9 Å². The summed E-state index contributed by atoms with van der Waals surface area (Å²) in [5, 5.41) is 20.1. The van der Waals surface area contributed by atoms with Crippen molar-refractivity contribution in [1.29, 1.82) is 0 Å². The number of benzene rings is 2. The number of hydrogen-bond acceptors (Lipinski definition) is 3. The Labute approximate surface area is 125 Å². The lowest BCUT2D eigenvalue weighted by Gasteiger charge is -2.17. The minimum Gasteiger partial charge on any atom is -0.480 e. The Kier molecular flexibility index (Phi) is 3.95. The maximum atomic E-state index is 11.1. The van der Waals surface area contributed by atoms with E-state index in [0.717, 1.165) is 0 Å². The van der Waals surface area contributed by atoms with Gasteiger partial charge in [-0.05, 0) is 24.1 Å². The Balaban J connectivity index is 2.45. The zero-order valence-corrected chi connectivity index (χ0v) is 11.9. The third-order valence-electron chi connectivity index (χ3n) is 3.24. The van der Waals surface area contributed by atoms with Crippen LogP contribution in [-0.2, 0) is 9.67 Å². The van der Waals surface area contributed by atoms with Crippen molar-refractivity contribution in [3.8, 4) is 11.1 Å². The van der Waals surface area contributed by atoms with Gasteiger partial charge in [0.05, 0.1) is 10.5 Å². The molecular formula is C15H12ClNO4. The van der Waals surface area contributed by atoms with Crippen molar-refractivity contribution in [2.75, 3.05) is 0 Å². The van der Waals surface area contributed by atoms with Crippen LogP contribution in [0.5, 0.6) is 0 Å². The SMILES string of the molecule is CC(Cl)(C(=O)O)c1ccc(-c2ccccc2[N+](=O)[O-])cc1. The molecule has 1 unspecified atom stereocenters. The number of para-hydroxylation sites is 1. The highest BCUT2D eigenvalue weighted by molar-refractivity contribution is 6.33. The maximum Gasteiger partial charge on any atom is 0.329 e. The molecule has 0 radical (unpaired) electrons. The molecule has 6 heteroatoms. The minimum absolute atomic E-state index is 0.00267. The topological polar surface area (TPSA) is 80.4 Å². The fraction of sp³-hybridized carbons (Fsp3) is 0.133. The van der Waals surface area contributed by atoms with E-state index in [1.54, 1.807) is 42.5 Å². The second kappa shape index (κ2) is 5.54. The predicted octanol–water partition coefficient (Wildman–Crippen LogP) is 3.80. The molecule has 0 saturated carbocycles. The van der Waals surface area contributed by atoms with E-state index < -0.39 is 15.8 Å². The van der Waals surface area contributed by atoms with Gasteiger partial charge in [-0.15, -0.1) is 11.6 Å². The van der Waals surface area contributed by atoms with E-state index >= 15 is 0 Å². The Morgan fingerprint density at radius 2 is 1.76 bits per heavy atom.